The van der Waals surface area contributed by atoms with E-state index in [4.69, 9.17) is 16.3 Å². The summed E-state index contributed by atoms with van der Waals surface area (Å²) in [5.74, 6) is -1.03. The number of halogens is 2. The van der Waals surface area contributed by atoms with Crippen LogP contribution in [0.2, 0.25) is 5.02 Å². The quantitative estimate of drug-likeness (QED) is 0.716. The molecule has 0 spiro atoms. The topological polar surface area (TPSA) is 46.6 Å². The fourth-order valence-corrected chi connectivity index (χ4v) is 3.52. The van der Waals surface area contributed by atoms with Gasteiger partial charge in [0, 0.05) is 29.2 Å². The first kappa shape index (κ1) is 19.4. The van der Waals surface area contributed by atoms with Gasteiger partial charge in [0.1, 0.15) is 11.9 Å². The highest BCUT2D eigenvalue weighted by Gasteiger charge is 2.30. The van der Waals surface area contributed by atoms with Crippen molar-refractivity contribution in [3.05, 3.63) is 70.5 Å². The Balaban J connectivity index is 1.54. The Morgan fingerprint density at radius 3 is 2.37 bits per heavy atom. The first-order chi connectivity index (χ1) is 13.0. The van der Waals surface area contributed by atoms with E-state index in [1.54, 1.807) is 17.9 Å². The summed E-state index contributed by atoms with van der Waals surface area (Å²) in [7, 11) is 0. The van der Waals surface area contributed by atoms with Gasteiger partial charge in [-0.05, 0) is 50.1 Å². The molecular formula is C21H21ClFNO3. The molecule has 0 aromatic heterocycles. The van der Waals surface area contributed by atoms with E-state index in [2.05, 4.69) is 0 Å². The number of carbonyl (C=O) groups excluding carboxylic acids is 2. The number of hydrogen-bond acceptors (Lipinski definition) is 3. The van der Waals surface area contributed by atoms with Gasteiger partial charge in [-0.3, -0.25) is 9.59 Å². The van der Waals surface area contributed by atoms with Gasteiger partial charge in [-0.25, -0.2) is 4.39 Å². The molecule has 1 atom stereocenters. The molecule has 1 heterocycles. The van der Waals surface area contributed by atoms with Crippen molar-refractivity contribution < 1.29 is 18.7 Å². The molecule has 27 heavy (non-hydrogen) atoms. The van der Waals surface area contributed by atoms with Crippen LogP contribution in [0.1, 0.15) is 41.8 Å². The van der Waals surface area contributed by atoms with Crippen LogP contribution in [-0.2, 0) is 9.53 Å². The van der Waals surface area contributed by atoms with Gasteiger partial charge < -0.3 is 9.64 Å². The largest absolute Gasteiger partial charge is 0.458 e. The molecule has 0 N–H and O–H groups in total. The minimum Gasteiger partial charge on any atom is -0.458 e. The SMILES string of the molecule is C[C@H](OC(=O)C1CCN(C(=O)c2ccc(F)cc2)CC1)c1ccccc1Cl. The zero-order chi connectivity index (χ0) is 19.4. The van der Waals surface area contributed by atoms with Gasteiger partial charge in [-0.1, -0.05) is 29.8 Å². The lowest BCUT2D eigenvalue weighted by Crippen LogP contribution is -2.40. The fourth-order valence-electron chi connectivity index (χ4n) is 3.23. The van der Waals surface area contributed by atoms with Crippen LogP contribution in [0.25, 0.3) is 0 Å². The van der Waals surface area contributed by atoms with Gasteiger partial charge in [0.25, 0.3) is 5.91 Å². The van der Waals surface area contributed by atoms with Crippen molar-refractivity contribution in [1.29, 1.82) is 0 Å². The highest BCUT2D eigenvalue weighted by molar-refractivity contribution is 6.31. The molecule has 2 aromatic rings. The minimum atomic E-state index is -0.426. The number of hydrogen-bond donors (Lipinski definition) is 0. The molecule has 0 unspecified atom stereocenters. The van der Waals surface area contributed by atoms with E-state index < -0.39 is 6.10 Å². The lowest BCUT2D eigenvalue weighted by atomic mass is 9.96. The van der Waals surface area contributed by atoms with Crippen molar-refractivity contribution in [2.75, 3.05) is 13.1 Å². The number of carbonyl (C=O) groups is 2. The molecule has 1 fully saturated rings. The van der Waals surface area contributed by atoms with E-state index >= 15 is 0 Å². The average Bonchev–Trinajstić information content (AvgIpc) is 2.68. The number of esters is 1. The third-order valence-electron chi connectivity index (χ3n) is 4.84. The second-order valence-electron chi connectivity index (χ2n) is 6.67. The van der Waals surface area contributed by atoms with Gasteiger partial charge in [-0.2, -0.15) is 0 Å². The molecule has 1 aliphatic rings. The summed E-state index contributed by atoms with van der Waals surface area (Å²) < 4.78 is 18.6. The van der Waals surface area contributed by atoms with Gasteiger partial charge in [0.15, 0.2) is 0 Å². The number of nitrogens with zero attached hydrogens (tertiary/aromatic N) is 1. The summed E-state index contributed by atoms with van der Waals surface area (Å²) in [5.41, 5.74) is 1.22. The molecule has 3 rings (SSSR count). The Morgan fingerprint density at radius 1 is 1.11 bits per heavy atom. The van der Waals surface area contributed by atoms with Crippen molar-refractivity contribution in [3.63, 3.8) is 0 Å². The molecule has 0 bridgehead atoms. The molecule has 0 aliphatic carbocycles. The maximum Gasteiger partial charge on any atom is 0.309 e. The molecule has 4 nitrogen and oxygen atoms in total. The van der Waals surface area contributed by atoms with E-state index in [-0.39, 0.29) is 23.6 Å². The van der Waals surface area contributed by atoms with Crippen molar-refractivity contribution in [3.8, 4) is 0 Å². The third-order valence-corrected chi connectivity index (χ3v) is 5.19. The lowest BCUT2D eigenvalue weighted by molar-refractivity contribution is -0.155. The van der Waals surface area contributed by atoms with Crippen LogP contribution in [0, 0.1) is 11.7 Å². The van der Waals surface area contributed by atoms with E-state index in [0.29, 0.717) is 36.5 Å². The molecule has 1 aliphatic heterocycles. The Morgan fingerprint density at radius 2 is 1.74 bits per heavy atom. The highest BCUT2D eigenvalue weighted by Crippen LogP contribution is 2.28. The van der Waals surface area contributed by atoms with Crippen molar-refractivity contribution in [1.82, 2.24) is 4.90 Å². The number of benzene rings is 2. The first-order valence-corrected chi connectivity index (χ1v) is 9.33. The van der Waals surface area contributed by atoms with Crippen LogP contribution in [0.4, 0.5) is 4.39 Å². The Labute approximate surface area is 162 Å². The second-order valence-corrected chi connectivity index (χ2v) is 7.08. The Bertz CT molecular complexity index is 816. The lowest BCUT2D eigenvalue weighted by Gasteiger charge is -2.31. The van der Waals surface area contributed by atoms with Crippen molar-refractivity contribution in [2.45, 2.75) is 25.9 Å². The van der Waals surface area contributed by atoms with Gasteiger partial charge in [0.05, 0.1) is 5.92 Å². The van der Waals surface area contributed by atoms with Crippen LogP contribution >= 0.6 is 11.6 Å². The van der Waals surface area contributed by atoms with Crippen LogP contribution in [0.15, 0.2) is 48.5 Å². The summed E-state index contributed by atoms with van der Waals surface area (Å²) in [4.78, 5) is 26.6. The summed E-state index contributed by atoms with van der Waals surface area (Å²) >= 11 is 6.15. The zero-order valence-corrected chi connectivity index (χ0v) is 15.8. The normalized spacial score (nSPS) is 16.0. The first-order valence-electron chi connectivity index (χ1n) is 8.95. The number of piperidine rings is 1. The molecular weight excluding hydrogens is 369 g/mol. The molecule has 6 heteroatoms. The van der Waals surface area contributed by atoms with E-state index in [1.165, 1.54) is 24.3 Å². The summed E-state index contributed by atoms with van der Waals surface area (Å²) in [6, 6.07) is 12.8. The maximum absolute atomic E-state index is 13.0. The Hall–Kier alpha value is -2.40. The van der Waals surface area contributed by atoms with Gasteiger partial charge in [0.2, 0.25) is 0 Å². The number of rotatable bonds is 4. The maximum atomic E-state index is 13.0. The second kappa shape index (κ2) is 8.53. The molecule has 1 amide bonds. The predicted octanol–water partition coefficient (Wildman–Crippen LogP) is 4.64. The molecule has 142 valence electrons. The van der Waals surface area contributed by atoms with Gasteiger partial charge in [-0.15, -0.1) is 0 Å². The van der Waals surface area contributed by atoms with Gasteiger partial charge >= 0.3 is 5.97 Å². The van der Waals surface area contributed by atoms with Crippen LogP contribution in [0.3, 0.4) is 0 Å². The number of ether oxygens (including phenoxy) is 1. The number of amides is 1. The van der Waals surface area contributed by atoms with E-state index in [1.807, 2.05) is 18.2 Å². The monoisotopic (exact) mass is 389 g/mol. The van der Waals surface area contributed by atoms with Crippen LogP contribution in [-0.4, -0.2) is 29.9 Å². The fraction of sp³-hybridized carbons (Fsp3) is 0.333. The minimum absolute atomic E-state index is 0.147. The summed E-state index contributed by atoms with van der Waals surface area (Å²) in [5, 5.41) is 0.567. The highest BCUT2D eigenvalue weighted by atomic mass is 35.5. The molecule has 0 radical (unpaired) electrons. The predicted molar refractivity (Wildman–Crippen MR) is 101 cm³/mol. The molecule has 1 saturated heterocycles. The van der Waals surface area contributed by atoms with Crippen molar-refractivity contribution in [2.24, 2.45) is 5.92 Å². The number of likely N-dealkylation sites (tertiary alicyclic amines) is 1. The van der Waals surface area contributed by atoms with Crippen LogP contribution in [0.5, 0.6) is 0 Å². The summed E-state index contributed by atoms with van der Waals surface area (Å²) in [6.07, 6.45) is 0.659. The van der Waals surface area contributed by atoms with Crippen molar-refractivity contribution >= 4 is 23.5 Å². The van der Waals surface area contributed by atoms with E-state index in [0.717, 1.165) is 5.56 Å². The van der Waals surface area contributed by atoms with Crippen LogP contribution < -0.4 is 0 Å². The zero-order valence-electron chi connectivity index (χ0n) is 15.0. The third kappa shape index (κ3) is 4.66. The smallest absolute Gasteiger partial charge is 0.309 e. The average molecular weight is 390 g/mol. The molecule has 0 saturated carbocycles. The van der Waals surface area contributed by atoms with E-state index in [9.17, 15) is 14.0 Å². The standard InChI is InChI=1S/C21H21ClFNO3/c1-14(18-4-2-3-5-19(18)22)27-21(26)16-10-12-24(13-11-16)20(25)15-6-8-17(23)9-7-15/h2-9,14,16H,10-13H2,1H3/t14-/m0/s1. The molecule has 2 aromatic carbocycles. The Kier molecular flexibility index (Phi) is 6.11. The summed E-state index contributed by atoms with van der Waals surface area (Å²) in [6.45, 7) is 2.74.